The highest BCUT2D eigenvalue weighted by Crippen LogP contribution is 2.30. The third kappa shape index (κ3) is 6.54. The molecular formula is C39H39N3O5. The number of fused-ring (bicyclic) bond motifs is 4. The average Bonchev–Trinajstić information content (AvgIpc) is 3.09. The number of nitrogens with one attached hydrogen (secondary N) is 3. The lowest BCUT2D eigenvalue weighted by Crippen LogP contribution is -2.31. The maximum absolute atomic E-state index is 13.7. The lowest BCUT2D eigenvalue weighted by atomic mass is 9.83. The number of carboxylic acid groups (broad SMARTS) is 1. The van der Waals surface area contributed by atoms with Gasteiger partial charge >= 0.3 is 5.97 Å². The van der Waals surface area contributed by atoms with Crippen molar-refractivity contribution in [2.45, 2.75) is 58.4 Å². The Balaban J connectivity index is 1.17. The predicted octanol–water partition coefficient (Wildman–Crippen LogP) is 7.38. The Morgan fingerprint density at radius 1 is 0.681 bits per heavy atom. The minimum absolute atomic E-state index is 0.0931. The van der Waals surface area contributed by atoms with E-state index in [9.17, 15) is 24.3 Å². The number of H-pyrrole nitrogens is 2. The molecule has 6 rings (SSSR count). The van der Waals surface area contributed by atoms with Gasteiger partial charge in [-0.05, 0) is 85.5 Å². The first-order valence-electron chi connectivity index (χ1n) is 16.4. The molecule has 0 radical (unpaired) electrons. The van der Waals surface area contributed by atoms with E-state index in [1.165, 1.54) is 0 Å². The van der Waals surface area contributed by atoms with Crippen molar-refractivity contribution in [2.24, 2.45) is 11.8 Å². The summed E-state index contributed by atoms with van der Waals surface area (Å²) in [7, 11) is 0. The van der Waals surface area contributed by atoms with Crippen molar-refractivity contribution in [3.63, 3.8) is 0 Å². The predicted molar refractivity (Wildman–Crippen MR) is 188 cm³/mol. The van der Waals surface area contributed by atoms with E-state index < -0.39 is 11.9 Å². The van der Waals surface area contributed by atoms with Crippen molar-refractivity contribution < 1.29 is 14.7 Å². The number of carbonyl (C=O) groups is 2. The van der Waals surface area contributed by atoms with Crippen LogP contribution in [0.1, 0.15) is 63.0 Å². The first-order valence-corrected chi connectivity index (χ1v) is 16.4. The standard InChI is InChI=1S/C39H39N3O5/c1-3-24(15-16-27(39(46)47)19-25(4-2)26-10-6-5-7-11-26)38(45)40-22-23-14-17-33-29(18-23)37(44)31-21-34-30(20-35(31)42-33)36(43)28-12-8-9-13-32(28)41-34/h5-14,17-18,20-21,24-25,27H,3-4,15-16,19,22H2,1-2H3,(H,40,45)(H,41,43)(H,42,44)(H,46,47). The Morgan fingerprint density at radius 2 is 1.28 bits per heavy atom. The summed E-state index contributed by atoms with van der Waals surface area (Å²) in [6, 6.07) is 26.2. The molecule has 8 nitrogen and oxygen atoms in total. The second kappa shape index (κ2) is 13.6. The molecular weight excluding hydrogens is 590 g/mol. The SMILES string of the molecule is CCC(CCC(CC(CC)c1ccccc1)C(=O)O)C(=O)NCc1ccc2[nH]c3cc4c(=O)c5ccccc5[nH]c4cc3c(=O)c2c1. The molecule has 0 aliphatic carbocycles. The molecule has 0 fully saturated rings. The van der Waals surface area contributed by atoms with Crippen LogP contribution in [-0.4, -0.2) is 27.0 Å². The van der Waals surface area contributed by atoms with Crippen molar-refractivity contribution >= 4 is 55.5 Å². The van der Waals surface area contributed by atoms with Gasteiger partial charge < -0.3 is 20.4 Å². The van der Waals surface area contributed by atoms with E-state index in [2.05, 4.69) is 22.2 Å². The zero-order chi connectivity index (χ0) is 33.1. The maximum Gasteiger partial charge on any atom is 0.306 e. The lowest BCUT2D eigenvalue weighted by molar-refractivity contribution is -0.142. The molecule has 8 heteroatoms. The second-order valence-electron chi connectivity index (χ2n) is 12.5. The Morgan fingerprint density at radius 3 is 1.94 bits per heavy atom. The summed E-state index contributed by atoms with van der Waals surface area (Å²) in [5.41, 5.74) is 4.19. The van der Waals surface area contributed by atoms with Gasteiger partial charge in [-0.2, -0.15) is 0 Å². The van der Waals surface area contributed by atoms with Crippen LogP contribution in [0.15, 0.2) is 94.5 Å². The van der Waals surface area contributed by atoms with E-state index >= 15 is 0 Å². The first kappa shape index (κ1) is 31.7. The molecule has 4 N–H and O–H groups in total. The van der Waals surface area contributed by atoms with Crippen LogP contribution in [0.2, 0.25) is 0 Å². The molecule has 2 heterocycles. The van der Waals surface area contributed by atoms with Crippen LogP contribution >= 0.6 is 0 Å². The molecule has 2 aromatic heterocycles. The fourth-order valence-electron chi connectivity index (χ4n) is 6.76. The van der Waals surface area contributed by atoms with Crippen molar-refractivity contribution in [2.75, 3.05) is 0 Å². The number of aromatic amines is 2. The van der Waals surface area contributed by atoms with Crippen molar-refractivity contribution in [1.29, 1.82) is 0 Å². The van der Waals surface area contributed by atoms with Gasteiger partial charge in [-0.3, -0.25) is 19.2 Å². The van der Waals surface area contributed by atoms with Crippen molar-refractivity contribution in [3.8, 4) is 0 Å². The van der Waals surface area contributed by atoms with Crippen molar-refractivity contribution in [3.05, 3.63) is 117 Å². The van der Waals surface area contributed by atoms with Crippen LogP contribution in [0.4, 0.5) is 0 Å². The summed E-state index contributed by atoms with van der Waals surface area (Å²) in [5.74, 6) is -1.64. The van der Waals surface area contributed by atoms with Gasteiger partial charge in [-0.25, -0.2) is 0 Å². The number of hydrogen-bond acceptors (Lipinski definition) is 4. The number of hydrogen-bond donors (Lipinski definition) is 4. The lowest BCUT2D eigenvalue weighted by Gasteiger charge is -2.22. The second-order valence-corrected chi connectivity index (χ2v) is 12.5. The molecule has 47 heavy (non-hydrogen) atoms. The molecule has 3 unspecified atom stereocenters. The topological polar surface area (TPSA) is 132 Å². The Labute approximate surface area is 271 Å². The number of amides is 1. The summed E-state index contributed by atoms with van der Waals surface area (Å²) >= 11 is 0. The zero-order valence-electron chi connectivity index (χ0n) is 26.6. The van der Waals surface area contributed by atoms with Gasteiger partial charge in [0.05, 0.1) is 17.0 Å². The highest BCUT2D eigenvalue weighted by molar-refractivity contribution is 6.02. The third-order valence-electron chi connectivity index (χ3n) is 9.56. The van der Waals surface area contributed by atoms with Gasteiger partial charge in [-0.1, -0.05) is 62.4 Å². The fourth-order valence-corrected chi connectivity index (χ4v) is 6.76. The van der Waals surface area contributed by atoms with Crippen LogP contribution in [0.25, 0.3) is 43.6 Å². The van der Waals surface area contributed by atoms with Crippen LogP contribution in [0.3, 0.4) is 0 Å². The molecule has 0 saturated carbocycles. The fraction of sp³-hybridized carbons (Fsp3) is 0.282. The Hall–Kier alpha value is -5.24. The smallest absolute Gasteiger partial charge is 0.306 e. The van der Waals surface area contributed by atoms with Crippen LogP contribution in [0, 0.1) is 11.8 Å². The third-order valence-corrected chi connectivity index (χ3v) is 9.56. The van der Waals surface area contributed by atoms with E-state index in [0.29, 0.717) is 69.3 Å². The molecule has 1 amide bonds. The summed E-state index contributed by atoms with van der Waals surface area (Å²) in [6.45, 7) is 4.26. The number of aromatic nitrogens is 2. The van der Waals surface area contributed by atoms with Gasteiger partial charge in [0, 0.05) is 45.0 Å². The quantitative estimate of drug-likeness (QED) is 0.105. The Bertz CT molecular complexity index is 2220. The summed E-state index contributed by atoms with van der Waals surface area (Å²) in [5, 5.41) is 15.0. The summed E-state index contributed by atoms with van der Waals surface area (Å²) in [4.78, 5) is 58.8. The number of carboxylic acids is 1. The number of aliphatic carboxylic acids is 1. The molecule has 0 bridgehead atoms. The molecule has 6 aromatic rings. The minimum atomic E-state index is -0.823. The van der Waals surface area contributed by atoms with E-state index in [1.807, 2.05) is 67.6 Å². The number of rotatable bonds is 12. The zero-order valence-corrected chi connectivity index (χ0v) is 26.6. The molecule has 240 valence electrons. The van der Waals surface area contributed by atoms with E-state index in [0.717, 1.165) is 17.5 Å². The maximum atomic E-state index is 13.7. The van der Waals surface area contributed by atoms with E-state index in [1.54, 1.807) is 24.3 Å². The number of carbonyl (C=O) groups excluding carboxylic acids is 1. The average molecular weight is 630 g/mol. The summed E-state index contributed by atoms with van der Waals surface area (Å²) in [6.07, 6.45) is 2.90. The first-order chi connectivity index (χ1) is 22.8. The molecule has 0 aliphatic rings. The van der Waals surface area contributed by atoms with Crippen LogP contribution < -0.4 is 16.2 Å². The van der Waals surface area contributed by atoms with Crippen LogP contribution in [-0.2, 0) is 16.1 Å². The van der Waals surface area contributed by atoms with Gasteiger partial charge in [0.1, 0.15) is 0 Å². The normalized spacial score (nSPS) is 13.6. The molecule has 0 saturated heterocycles. The van der Waals surface area contributed by atoms with Gasteiger partial charge in [0.25, 0.3) is 0 Å². The molecule has 3 atom stereocenters. The monoisotopic (exact) mass is 629 g/mol. The summed E-state index contributed by atoms with van der Waals surface area (Å²) < 4.78 is 0. The highest BCUT2D eigenvalue weighted by Gasteiger charge is 2.26. The Kier molecular flexibility index (Phi) is 9.20. The van der Waals surface area contributed by atoms with Gasteiger partial charge in [0.2, 0.25) is 5.91 Å². The van der Waals surface area contributed by atoms with E-state index in [4.69, 9.17) is 0 Å². The minimum Gasteiger partial charge on any atom is -0.481 e. The van der Waals surface area contributed by atoms with Gasteiger partial charge in [-0.15, -0.1) is 0 Å². The number of benzene rings is 4. The van der Waals surface area contributed by atoms with E-state index in [-0.39, 0.29) is 35.1 Å². The number of pyridine rings is 2. The molecule has 0 aliphatic heterocycles. The molecule has 0 spiro atoms. The molecule has 4 aromatic carbocycles. The number of para-hydroxylation sites is 1. The van der Waals surface area contributed by atoms with Crippen molar-refractivity contribution in [1.82, 2.24) is 15.3 Å². The van der Waals surface area contributed by atoms with Crippen LogP contribution in [0.5, 0.6) is 0 Å². The highest BCUT2D eigenvalue weighted by atomic mass is 16.4. The largest absolute Gasteiger partial charge is 0.481 e. The van der Waals surface area contributed by atoms with Gasteiger partial charge in [0.15, 0.2) is 10.9 Å².